The van der Waals surface area contributed by atoms with E-state index in [1.165, 1.54) is 5.56 Å². The van der Waals surface area contributed by atoms with Gasteiger partial charge in [-0.3, -0.25) is 4.79 Å². The highest BCUT2D eigenvalue weighted by molar-refractivity contribution is 5.97. The molecule has 3 heteroatoms. The topological polar surface area (TPSA) is 49.3 Å². The predicted molar refractivity (Wildman–Crippen MR) is 83.3 cm³/mol. The number of carbonyl (C=O) groups excluding carboxylic acids is 1. The molecule has 1 amide bonds. The summed E-state index contributed by atoms with van der Waals surface area (Å²) in [6, 6.07) is 8.06. The second-order valence-electron chi connectivity index (χ2n) is 5.64. The van der Waals surface area contributed by atoms with Crippen LogP contribution in [0.3, 0.4) is 0 Å². The number of aliphatic hydroxyl groups excluding tert-OH is 1. The minimum atomic E-state index is -0.328. The summed E-state index contributed by atoms with van der Waals surface area (Å²) in [5.41, 5.74) is 2.93. The van der Waals surface area contributed by atoms with Crippen LogP contribution in [-0.4, -0.2) is 23.7 Å². The number of aryl methyl sites for hydroxylation is 1. The van der Waals surface area contributed by atoms with Crippen LogP contribution in [0.1, 0.15) is 38.3 Å². The molecule has 110 valence electrons. The highest BCUT2D eigenvalue weighted by Crippen LogP contribution is 2.09. The Morgan fingerprint density at radius 1 is 1.30 bits per heavy atom. The third-order valence-corrected chi connectivity index (χ3v) is 3.17. The van der Waals surface area contributed by atoms with Gasteiger partial charge in [-0.15, -0.1) is 0 Å². The van der Waals surface area contributed by atoms with Crippen LogP contribution in [0.4, 0.5) is 0 Å². The molecule has 0 aliphatic heterocycles. The van der Waals surface area contributed by atoms with Gasteiger partial charge in [0.05, 0.1) is 6.10 Å². The normalized spacial score (nSPS) is 14.8. The molecule has 0 bridgehead atoms. The highest BCUT2D eigenvalue weighted by Gasteiger charge is 2.09. The lowest BCUT2D eigenvalue weighted by Gasteiger charge is -2.14. The zero-order valence-corrected chi connectivity index (χ0v) is 12.8. The van der Waals surface area contributed by atoms with Gasteiger partial charge in [-0.2, -0.15) is 0 Å². The Morgan fingerprint density at radius 3 is 2.45 bits per heavy atom. The van der Waals surface area contributed by atoms with E-state index in [1.807, 2.05) is 51.1 Å². The molecular formula is C17H25NO2. The van der Waals surface area contributed by atoms with Crippen molar-refractivity contribution in [2.24, 2.45) is 5.92 Å². The van der Waals surface area contributed by atoms with Crippen LogP contribution in [0.2, 0.25) is 0 Å². The monoisotopic (exact) mass is 275 g/mol. The first-order valence-electron chi connectivity index (χ1n) is 7.09. The van der Waals surface area contributed by atoms with Gasteiger partial charge in [-0.25, -0.2) is 0 Å². The van der Waals surface area contributed by atoms with Crippen LogP contribution in [-0.2, 0) is 4.79 Å². The van der Waals surface area contributed by atoms with E-state index in [-0.39, 0.29) is 17.9 Å². The molecule has 0 aliphatic carbocycles. The largest absolute Gasteiger partial charge is 0.393 e. The summed E-state index contributed by atoms with van der Waals surface area (Å²) >= 11 is 0. The maximum Gasteiger partial charge on any atom is 0.246 e. The molecule has 0 heterocycles. The van der Waals surface area contributed by atoms with E-state index >= 15 is 0 Å². The number of benzene rings is 1. The summed E-state index contributed by atoms with van der Waals surface area (Å²) in [4.78, 5) is 12.0. The Kier molecular flexibility index (Phi) is 6.46. The van der Waals surface area contributed by atoms with Crippen LogP contribution < -0.4 is 5.32 Å². The Balaban J connectivity index is 2.52. The average molecular weight is 275 g/mol. The van der Waals surface area contributed by atoms with E-state index in [1.54, 1.807) is 6.92 Å². The highest BCUT2D eigenvalue weighted by atomic mass is 16.3. The van der Waals surface area contributed by atoms with Crippen LogP contribution >= 0.6 is 0 Å². The second-order valence-corrected chi connectivity index (χ2v) is 5.64. The van der Waals surface area contributed by atoms with Crippen molar-refractivity contribution in [3.05, 3.63) is 41.0 Å². The van der Waals surface area contributed by atoms with Crippen LogP contribution in [0.15, 0.2) is 29.8 Å². The smallest absolute Gasteiger partial charge is 0.246 e. The lowest BCUT2D eigenvalue weighted by atomic mass is 10.0. The lowest BCUT2D eigenvalue weighted by molar-refractivity contribution is -0.117. The van der Waals surface area contributed by atoms with Crippen LogP contribution in [0.25, 0.3) is 6.08 Å². The van der Waals surface area contributed by atoms with Gasteiger partial charge in [0, 0.05) is 12.1 Å². The Labute approximate surface area is 121 Å². The molecule has 2 N–H and O–H groups in total. The summed E-state index contributed by atoms with van der Waals surface area (Å²) in [7, 11) is 0. The van der Waals surface area contributed by atoms with E-state index in [4.69, 9.17) is 0 Å². The van der Waals surface area contributed by atoms with E-state index in [0.717, 1.165) is 5.56 Å². The van der Waals surface area contributed by atoms with Crippen molar-refractivity contribution in [3.8, 4) is 0 Å². The van der Waals surface area contributed by atoms with Crippen molar-refractivity contribution in [3.63, 3.8) is 0 Å². The molecular weight excluding hydrogens is 250 g/mol. The fourth-order valence-electron chi connectivity index (χ4n) is 2.05. The minimum absolute atomic E-state index is 0.0528. The average Bonchev–Trinajstić information content (AvgIpc) is 2.37. The number of amides is 1. The van der Waals surface area contributed by atoms with Crippen molar-refractivity contribution in [1.29, 1.82) is 0 Å². The Hall–Kier alpha value is -1.61. The first kappa shape index (κ1) is 16.4. The summed E-state index contributed by atoms with van der Waals surface area (Å²) in [5, 5.41) is 12.2. The molecule has 20 heavy (non-hydrogen) atoms. The van der Waals surface area contributed by atoms with Crippen molar-refractivity contribution in [2.75, 3.05) is 6.54 Å². The molecule has 3 nitrogen and oxygen atoms in total. The first-order valence-corrected chi connectivity index (χ1v) is 7.09. The third-order valence-electron chi connectivity index (χ3n) is 3.17. The Bertz CT molecular complexity index is 460. The number of hydrogen-bond acceptors (Lipinski definition) is 2. The van der Waals surface area contributed by atoms with E-state index in [2.05, 4.69) is 5.32 Å². The molecule has 0 aromatic heterocycles. The first-order chi connectivity index (χ1) is 9.38. The number of nitrogens with one attached hydrogen (secondary N) is 1. The maximum absolute atomic E-state index is 12.0. The standard InChI is InChI=1S/C17H25NO2/c1-12-5-7-16(8-6-12)10-14(3)17(20)18-11-13(2)9-15(4)19/h5-8,10,13,15,19H,9,11H2,1-4H3,(H,18,20)/b14-10+. The second kappa shape index (κ2) is 7.85. The number of hydrogen-bond donors (Lipinski definition) is 2. The van der Waals surface area contributed by atoms with E-state index < -0.39 is 0 Å². The van der Waals surface area contributed by atoms with Crippen LogP contribution in [0.5, 0.6) is 0 Å². The summed E-state index contributed by atoms with van der Waals surface area (Å²) in [6.07, 6.45) is 2.25. The Morgan fingerprint density at radius 2 is 1.90 bits per heavy atom. The van der Waals surface area contributed by atoms with Crippen molar-refractivity contribution < 1.29 is 9.90 Å². The molecule has 0 aliphatic rings. The molecule has 0 fully saturated rings. The molecule has 0 saturated heterocycles. The fraction of sp³-hybridized carbons (Fsp3) is 0.471. The van der Waals surface area contributed by atoms with Crippen molar-refractivity contribution >= 4 is 12.0 Å². The molecule has 0 radical (unpaired) electrons. The van der Waals surface area contributed by atoms with E-state index in [0.29, 0.717) is 18.5 Å². The molecule has 1 rings (SSSR count). The molecule has 2 unspecified atom stereocenters. The molecule has 2 atom stereocenters. The summed E-state index contributed by atoms with van der Waals surface area (Å²) in [6.45, 7) is 8.22. The molecule has 1 aromatic carbocycles. The van der Waals surface area contributed by atoms with Gasteiger partial charge in [-0.1, -0.05) is 36.8 Å². The summed E-state index contributed by atoms with van der Waals surface area (Å²) in [5.74, 6) is 0.217. The van der Waals surface area contributed by atoms with Gasteiger partial charge in [-0.05, 0) is 44.7 Å². The maximum atomic E-state index is 12.0. The predicted octanol–water partition coefficient (Wildman–Crippen LogP) is 2.92. The zero-order chi connectivity index (χ0) is 15.1. The van der Waals surface area contributed by atoms with Gasteiger partial charge in [0.15, 0.2) is 0 Å². The minimum Gasteiger partial charge on any atom is -0.393 e. The fourth-order valence-corrected chi connectivity index (χ4v) is 2.05. The molecule has 0 saturated carbocycles. The van der Waals surface area contributed by atoms with Gasteiger partial charge in [0.25, 0.3) is 0 Å². The number of carbonyl (C=O) groups is 1. The molecule has 1 aromatic rings. The number of aliphatic hydroxyl groups is 1. The van der Waals surface area contributed by atoms with Crippen LogP contribution in [0, 0.1) is 12.8 Å². The third kappa shape index (κ3) is 6.02. The number of rotatable bonds is 6. The summed E-state index contributed by atoms with van der Waals surface area (Å²) < 4.78 is 0. The van der Waals surface area contributed by atoms with Gasteiger partial charge in [0.2, 0.25) is 5.91 Å². The van der Waals surface area contributed by atoms with Crippen molar-refractivity contribution in [2.45, 2.75) is 40.2 Å². The lowest BCUT2D eigenvalue weighted by Crippen LogP contribution is -2.29. The quantitative estimate of drug-likeness (QED) is 0.784. The van der Waals surface area contributed by atoms with E-state index in [9.17, 15) is 9.90 Å². The molecule has 0 spiro atoms. The zero-order valence-electron chi connectivity index (χ0n) is 12.8. The van der Waals surface area contributed by atoms with Crippen molar-refractivity contribution in [1.82, 2.24) is 5.32 Å². The SMILES string of the molecule is C/C(=C\c1ccc(C)cc1)C(=O)NCC(C)CC(C)O. The van der Waals surface area contributed by atoms with Gasteiger partial charge < -0.3 is 10.4 Å². The van der Waals surface area contributed by atoms with Gasteiger partial charge >= 0.3 is 0 Å². The van der Waals surface area contributed by atoms with Gasteiger partial charge in [0.1, 0.15) is 0 Å².